The molecule has 3 N–H and O–H groups in total. The van der Waals surface area contributed by atoms with Gasteiger partial charge in [-0.2, -0.15) is 0 Å². The molecule has 0 saturated carbocycles. The number of aryl methyl sites for hydroxylation is 1. The van der Waals surface area contributed by atoms with Crippen molar-refractivity contribution in [3.8, 4) is 0 Å². The summed E-state index contributed by atoms with van der Waals surface area (Å²) in [5, 5.41) is 21.0. The van der Waals surface area contributed by atoms with Gasteiger partial charge in [-0.15, -0.1) is 10.2 Å². The summed E-state index contributed by atoms with van der Waals surface area (Å²) in [7, 11) is 1.75. The van der Waals surface area contributed by atoms with Crippen molar-refractivity contribution in [3.63, 3.8) is 0 Å². The Hall–Kier alpha value is -2.12. The number of nitrogens with zero attached hydrogens (tertiary/aromatic N) is 3. The first kappa shape index (κ1) is 12.9. The Morgan fingerprint density at radius 1 is 1.59 bits per heavy atom. The molecule has 0 aliphatic carbocycles. The summed E-state index contributed by atoms with van der Waals surface area (Å²) in [6.07, 6.45) is 1.84. The van der Waals surface area contributed by atoms with Crippen molar-refractivity contribution in [2.45, 2.75) is 25.9 Å². The molecule has 0 saturated heterocycles. The van der Waals surface area contributed by atoms with Crippen molar-refractivity contribution < 1.29 is 14.7 Å². The van der Waals surface area contributed by atoms with Gasteiger partial charge in [0.1, 0.15) is 12.4 Å². The number of amides is 2. The quantitative estimate of drug-likeness (QED) is 0.642. The fraction of sp³-hybridized carbons (Fsp3) is 0.556. The molecule has 8 heteroatoms. The second-order valence-electron chi connectivity index (χ2n) is 3.48. The molecular weight excluding hydrogens is 226 g/mol. The van der Waals surface area contributed by atoms with Gasteiger partial charge >= 0.3 is 12.0 Å². The minimum Gasteiger partial charge on any atom is -0.480 e. The van der Waals surface area contributed by atoms with Gasteiger partial charge in [0.05, 0.1) is 6.54 Å². The average molecular weight is 241 g/mol. The lowest BCUT2D eigenvalue weighted by Gasteiger charge is -2.12. The lowest BCUT2D eigenvalue weighted by molar-refractivity contribution is -0.139. The monoisotopic (exact) mass is 241 g/mol. The van der Waals surface area contributed by atoms with Crippen molar-refractivity contribution in [2.24, 2.45) is 7.05 Å². The normalized spacial score (nSPS) is 11.9. The SMILES string of the molecule is CCC(NC(=O)NCc1nncn1C)C(=O)O. The number of aromatic nitrogens is 3. The number of carbonyl (C=O) groups is 2. The van der Waals surface area contributed by atoms with Crippen LogP contribution in [-0.4, -0.2) is 37.9 Å². The maximum atomic E-state index is 11.4. The van der Waals surface area contributed by atoms with Gasteiger partial charge in [-0.25, -0.2) is 9.59 Å². The van der Waals surface area contributed by atoms with Crippen LogP contribution in [0.5, 0.6) is 0 Å². The van der Waals surface area contributed by atoms with E-state index in [2.05, 4.69) is 20.8 Å². The van der Waals surface area contributed by atoms with Gasteiger partial charge in [-0.05, 0) is 6.42 Å². The van der Waals surface area contributed by atoms with E-state index in [9.17, 15) is 9.59 Å². The van der Waals surface area contributed by atoms with Crippen LogP contribution in [0, 0.1) is 0 Å². The first-order valence-corrected chi connectivity index (χ1v) is 5.14. The van der Waals surface area contributed by atoms with E-state index in [0.717, 1.165) is 0 Å². The van der Waals surface area contributed by atoms with E-state index in [1.807, 2.05) is 0 Å². The number of carboxylic acid groups (broad SMARTS) is 1. The van der Waals surface area contributed by atoms with Gasteiger partial charge < -0.3 is 20.3 Å². The van der Waals surface area contributed by atoms with Crippen LogP contribution in [0.15, 0.2) is 6.33 Å². The molecule has 1 aromatic rings. The maximum Gasteiger partial charge on any atom is 0.326 e. The fourth-order valence-electron chi connectivity index (χ4n) is 1.17. The number of hydrogen-bond donors (Lipinski definition) is 3. The lowest BCUT2D eigenvalue weighted by atomic mass is 10.2. The minimum absolute atomic E-state index is 0.193. The van der Waals surface area contributed by atoms with Crippen molar-refractivity contribution in [3.05, 3.63) is 12.2 Å². The highest BCUT2D eigenvalue weighted by molar-refractivity contribution is 5.82. The third-order valence-corrected chi connectivity index (χ3v) is 2.22. The van der Waals surface area contributed by atoms with E-state index < -0.39 is 18.0 Å². The van der Waals surface area contributed by atoms with Crippen LogP contribution in [0.4, 0.5) is 4.79 Å². The standard InChI is InChI=1S/C9H15N5O3/c1-3-6(8(15)16)12-9(17)10-4-7-13-11-5-14(7)2/h5-6H,3-4H2,1-2H3,(H,15,16)(H2,10,12,17). The Labute approximate surface area is 98.0 Å². The van der Waals surface area contributed by atoms with Crippen molar-refractivity contribution in [1.82, 2.24) is 25.4 Å². The molecule has 0 aromatic carbocycles. The van der Waals surface area contributed by atoms with Gasteiger partial charge in [-0.1, -0.05) is 6.92 Å². The largest absolute Gasteiger partial charge is 0.480 e. The van der Waals surface area contributed by atoms with Gasteiger partial charge in [-0.3, -0.25) is 0 Å². The molecule has 0 spiro atoms. The first-order chi connectivity index (χ1) is 8.04. The predicted molar refractivity (Wildman–Crippen MR) is 58.1 cm³/mol. The smallest absolute Gasteiger partial charge is 0.326 e. The van der Waals surface area contributed by atoms with E-state index in [0.29, 0.717) is 12.2 Å². The van der Waals surface area contributed by atoms with Crippen LogP contribution in [0.3, 0.4) is 0 Å². The van der Waals surface area contributed by atoms with Crippen LogP contribution in [0.25, 0.3) is 0 Å². The molecule has 1 unspecified atom stereocenters. The lowest BCUT2D eigenvalue weighted by Crippen LogP contribution is -2.45. The van der Waals surface area contributed by atoms with Gasteiger partial charge in [0.15, 0.2) is 5.82 Å². The van der Waals surface area contributed by atoms with Crippen LogP contribution in [-0.2, 0) is 18.4 Å². The molecule has 0 aliphatic heterocycles. The highest BCUT2D eigenvalue weighted by Crippen LogP contribution is 1.92. The second kappa shape index (κ2) is 5.83. The fourth-order valence-corrected chi connectivity index (χ4v) is 1.17. The number of nitrogens with one attached hydrogen (secondary N) is 2. The molecule has 1 heterocycles. The highest BCUT2D eigenvalue weighted by Gasteiger charge is 2.17. The highest BCUT2D eigenvalue weighted by atomic mass is 16.4. The maximum absolute atomic E-state index is 11.4. The van der Waals surface area contributed by atoms with Gasteiger partial charge in [0, 0.05) is 7.05 Å². The molecule has 0 bridgehead atoms. The first-order valence-electron chi connectivity index (χ1n) is 5.14. The van der Waals surface area contributed by atoms with E-state index >= 15 is 0 Å². The molecule has 1 atom stereocenters. The zero-order valence-electron chi connectivity index (χ0n) is 9.67. The number of urea groups is 1. The van der Waals surface area contributed by atoms with Crippen molar-refractivity contribution in [1.29, 1.82) is 0 Å². The predicted octanol–water partition coefficient (Wildman–Crippen LogP) is -0.522. The van der Waals surface area contributed by atoms with Crippen molar-refractivity contribution >= 4 is 12.0 Å². The van der Waals surface area contributed by atoms with E-state index in [4.69, 9.17) is 5.11 Å². The van der Waals surface area contributed by atoms with Crippen molar-refractivity contribution in [2.75, 3.05) is 0 Å². The zero-order valence-corrected chi connectivity index (χ0v) is 9.67. The van der Waals surface area contributed by atoms with Gasteiger partial charge in [0.25, 0.3) is 0 Å². The number of carboxylic acids is 1. The second-order valence-corrected chi connectivity index (χ2v) is 3.48. The van der Waals surface area contributed by atoms with Crippen LogP contribution in [0.2, 0.25) is 0 Å². The average Bonchev–Trinajstić information content (AvgIpc) is 2.68. The Bertz CT molecular complexity index is 403. The van der Waals surface area contributed by atoms with E-state index in [1.165, 1.54) is 6.33 Å². The Balaban J connectivity index is 2.40. The molecule has 2 amide bonds. The summed E-state index contributed by atoms with van der Waals surface area (Å²) in [5.41, 5.74) is 0. The summed E-state index contributed by atoms with van der Waals surface area (Å²) >= 11 is 0. The number of hydrogen-bond acceptors (Lipinski definition) is 4. The van der Waals surface area contributed by atoms with Crippen LogP contribution < -0.4 is 10.6 Å². The number of aliphatic carboxylic acids is 1. The van der Waals surface area contributed by atoms with Gasteiger partial charge in [0.2, 0.25) is 0 Å². The molecule has 94 valence electrons. The molecule has 1 rings (SSSR count). The topological polar surface area (TPSA) is 109 Å². The Kier molecular flexibility index (Phi) is 4.44. The van der Waals surface area contributed by atoms with E-state index in [1.54, 1.807) is 18.5 Å². The molecule has 8 nitrogen and oxygen atoms in total. The molecular formula is C9H15N5O3. The van der Waals surface area contributed by atoms with E-state index in [-0.39, 0.29) is 6.54 Å². The number of carbonyl (C=O) groups excluding carboxylic acids is 1. The summed E-state index contributed by atoms with van der Waals surface area (Å²) in [4.78, 5) is 22.1. The molecule has 0 fully saturated rings. The summed E-state index contributed by atoms with van der Waals surface area (Å²) in [5.74, 6) is -0.468. The zero-order chi connectivity index (χ0) is 12.8. The molecule has 17 heavy (non-hydrogen) atoms. The summed E-state index contributed by atoms with van der Waals surface area (Å²) < 4.78 is 1.66. The summed E-state index contributed by atoms with van der Waals surface area (Å²) in [6, 6.07) is -1.42. The molecule has 1 aromatic heterocycles. The third-order valence-electron chi connectivity index (χ3n) is 2.22. The van der Waals surface area contributed by atoms with Crippen LogP contribution >= 0.6 is 0 Å². The Morgan fingerprint density at radius 3 is 2.76 bits per heavy atom. The molecule has 0 radical (unpaired) electrons. The molecule has 0 aliphatic rings. The number of rotatable bonds is 5. The summed E-state index contributed by atoms with van der Waals surface area (Å²) in [6.45, 7) is 1.88. The minimum atomic E-state index is -1.05. The third kappa shape index (κ3) is 3.74. The Morgan fingerprint density at radius 2 is 2.29 bits per heavy atom. The van der Waals surface area contributed by atoms with Crippen LogP contribution in [0.1, 0.15) is 19.2 Å².